The van der Waals surface area contributed by atoms with Gasteiger partial charge >= 0.3 is 0 Å². The molecule has 20 heavy (non-hydrogen) atoms. The number of nitrogens with zero attached hydrogens (tertiary/aromatic N) is 1. The van der Waals surface area contributed by atoms with E-state index in [0.717, 1.165) is 37.8 Å². The molecular formula is C17H29NO2. The van der Waals surface area contributed by atoms with E-state index in [-0.39, 0.29) is 11.7 Å². The average molecular weight is 279 g/mol. The van der Waals surface area contributed by atoms with Gasteiger partial charge in [-0.25, -0.2) is 0 Å². The lowest BCUT2D eigenvalue weighted by Gasteiger charge is -2.38. The van der Waals surface area contributed by atoms with Gasteiger partial charge in [-0.2, -0.15) is 0 Å². The van der Waals surface area contributed by atoms with Crippen LogP contribution in [-0.2, 0) is 0 Å². The molecule has 0 aliphatic carbocycles. The summed E-state index contributed by atoms with van der Waals surface area (Å²) in [6.07, 6.45) is 3.55. The first kappa shape index (κ1) is 17.0. The van der Waals surface area contributed by atoms with E-state index in [1.165, 1.54) is 0 Å². The highest BCUT2D eigenvalue weighted by Gasteiger charge is 2.36. The fourth-order valence-electron chi connectivity index (χ4n) is 3.00. The van der Waals surface area contributed by atoms with Crippen LogP contribution < -0.4 is 0 Å². The fourth-order valence-corrected chi connectivity index (χ4v) is 3.00. The summed E-state index contributed by atoms with van der Waals surface area (Å²) in [5.41, 5.74) is 0.422. The van der Waals surface area contributed by atoms with E-state index in [2.05, 4.69) is 18.7 Å². The van der Waals surface area contributed by atoms with Crippen molar-refractivity contribution in [1.29, 1.82) is 0 Å². The van der Waals surface area contributed by atoms with Crippen LogP contribution in [0.1, 0.15) is 51.0 Å². The number of aromatic hydroxyl groups is 1. The maximum Gasteiger partial charge on any atom is 0.115 e. The molecule has 1 unspecified atom stereocenters. The van der Waals surface area contributed by atoms with Crippen LogP contribution in [0.25, 0.3) is 0 Å². The predicted molar refractivity (Wildman–Crippen MR) is 84.2 cm³/mol. The molecule has 0 aromatic heterocycles. The maximum atomic E-state index is 11.2. The molecular weight excluding hydrogens is 250 g/mol. The van der Waals surface area contributed by atoms with Gasteiger partial charge < -0.3 is 15.1 Å². The van der Waals surface area contributed by atoms with Crippen molar-refractivity contribution < 1.29 is 10.2 Å². The Kier molecular flexibility index (Phi) is 6.50. The summed E-state index contributed by atoms with van der Waals surface area (Å²) in [6, 6.07) is 7.27. The molecule has 3 nitrogen and oxygen atoms in total. The second-order valence-corrected chi connectivity index (χ2v) is 6.01. The van der Waals surface area contributed by atoms with Crippen molar-refractivity contribution >= 4 is 0 Å². The van der Waals surface area contributed by atoms with Crippen LogP contribution in [-0.4, -0.2) is 41.4 Å². The van der Waals surface area contributed by atoms with Crippen molar-refractivity contribution in [3.63, 3.8) is 0 Å². The summed E-state index contributed by atoms with van der Waals surface area (Å²) in [5.74, 6) is 0.338. The molecule has 1 atom stereocenters. The molecule has 0 aliphatic rings. The summed E-state index contributed by atoms with van der Waals surface area (Å²) in [6.45, 7) is 5.04. The Hall–Kier alpha value is -1.06. The van der Waals surface area contributed by atoms with Crippen molar-refractivity contribution in [2.75, 3.05) is 20.6 Å². The highest BCUT2D eigenvalue weighted by Crippen LogP contribution is 2.36. The zero-order valence-electron chi connectivity index (χ0n) is 13.3. The number of rotatable bonds is 8. The molecule has 0 radical (unpaired) electrons. The van der Waals surface area contributed by atoms with E-state index in [0.29, 0.717) is 0 Å². The van der Waals surface area contributed by atoms with Crippen LogP contribution in [0.15, 0.2) is 24.3 Å². The Morgan fingerprint density at radius 3 is 1.95 bits per heavy atom. The molecule has 0 bridgehead atoms. The van der Waals surface area contributed by atoms with E-state index in [9.17, 15) is 10.2 Å². The van der Waals surface area contributed by atoms with Gasteiger partial charge in [-0.1, -0.05) is 38.8 Å². The zero-order valence-corrected chi connectivity index (χ0v) is 13.3. The van der Waals surface area contributed by atoms with Crippen LogP contribution >= 0.6 is 0 Å². The third-order valence-electron chi connectivity index (χ3n) is 3.86. The highest BCUT2D eigenvalue weighted by molar-refractivity contribution is 5.30. The van der Waals surface area contributed by atoms with Crippen LogP contribution in [0.2, 0.25) is 0 Å². The molecule has 0 saturated carbocycles. The minimum absolute atomic E-state index is 0.0676. The van der Waals surface area contributed by atoms with Crippen LogP contribution in [0.5, 0.6) is 5.75 Å². The van der Waals surface area contributed by atoms with Crippen LogP contribution in [0, 0.1) is 0 Å². The summed E-state index contributed by atoms with van der Waals surface area (Å²) in [4.78, 5) is 2.12. The molecule has 0 fully saturated rings. The molecule has 114 valence electrons. The van der Waals surface area contributed by atoms with Crippen molar-refractivity contribution in [3.05, 3.63) is 29.8 Å². The molecule has 1 aromatic rings. The fraction of sp³-hybridized carbons (Fsp3) is 0.647. The molecule has 0 aliphatic heterocycles. The molecule has 0 amide bonds. The van der Waals surface area contributed by atoms with E-state index in [1.807, 2.05) is 26.2 Å². The van der Waals surface area contributed by atoms with E-state index in [4.69, 9.17) is 0 Å². The van der Waals surface area contributed by atoms with E-state index in [1.54, 1.807) is 12.1 Å². The Morgan fingerprint density at radius 1 is 1.05 bits per heavy atom. The molecule has 0 heterocycles. The second-order valence-electron chi connectivity index (χ2n) is 6.01. The number of benzene rings is 1. The lowest BCUT2D eigenvalue weighted by Crippen LogP contribution is -2.41. The largest absolute Gasteiger partial charge is 0.508 e. The Bertz CT molecular complexity index is 380. The summed E-state index contributed by atoms with van der Waals surface area (Å²) < 4.78 is 0. The topological polar surface area (TPSA) is 43.7 Å². The molecule has 0 spiro atoms. The monoisotopic (exact) mass is 279 g/mol. The third-order valence-corrected chi connectivity index (χ3v) is 3.86. The van der Waals surface area contributed by atoms with E-state index < -0.39 is 5.60 Å². The van der Waals surface area contributed by atoms with Crippen molar-refractivity contribution in [2.45, 2.75) is 51.0 Å². The van der Waals surface area contributed by atoms with Gasteiger partial charge in [-0.05, 0) is 44.6 Å². The number of likely N-dealkylation sites (N-methyl/N-ethyl adjacent to an activating group) is 1. The number of aliphatic hydroxyl groups is 1. The van der Waals surface area contributed by atoms with Crippen LogP contribution in [0.4, 0.5) is 0 Å². The maximum absolute atomic E-state index is 11.2. The van der Waals surface area contributed by atoms with Gasteiger partial charge in [0.05, 0.1) is 5.60 Å². The third kappa shape index (κ3) is 4.50. The van der Waals surface area contributed by atoms with Gasteiger partial charge in [-0.15, -0.1) is 0 Å². The number of hydrogen-bond acceptors (Lipinski definition) is 3. The first-order valence-electron chi connectivity index (χ1n) is 7.59. The summed E-state index contributed by atoms with van der Waals surface area (Å²) in [7, 11) is 4.07. The minimum atomic E-state index is -0.676. The molecule has 1 rings (SSSR count). The Morgan fingerprint density at radius 2 is 1.55 bits per heavy atom. The Labute approximate surface area is 123 Å². The van der Waals surface area contributed by atoms with Crippen molar-refractivity contribution in [2.24, 2.45) is 0 Å². The van der Waals surface area contributed by atoms with Crippen LogP contribution in [0.3, 0.4) is 0 Å². The number of hydrogen-bond donors (Lipinski definition) is 2. The SMILES string of the molecule is CCCC(O)(CCC)C(CN(C)C)c1ccc(O)cc1. The predicted octanol–water partition coefficient (Wildman–Crippen LogP) is 3.37. The summed E-state index contributed by atoms with van der Waals surface area (Å²) in [5, 5.41) is 20.6. The number of phenols is 1. The molecule has 3 heteroatoms. The highest BCUT2D eigenvalue weighted by atomic mass is 16.3. The van der Waals surface area contributed by atoms with Gasteiger partial charge in [0.15, 0.2) is 0 Å². The lowest BCUT2D eigenvalue weighted by atomic mass is 9.76. The van der Waals surface area contributed by atoms with Gasteiger partial charge in [0, 0.05) is 12.5 Å². The molecule has 1 aromatic carbocycles. The normalized spacial score (nSPS) is 13.7. The average Bonchev–Trinajstić information content (AvgIpc) is 2.37. The second kappa shape index (κ2) is 7.65. The number of phenolic OH excluding ortho intramolecular Hbond substituents is 1. The minimum Gasteiger partial charge on any atom is -0.508 e. The van der Waals surface area contributed by atoms with Gasteiger partial charge in [0.25, 0.3) is 0 Å². The standard InChI is InChI=1S/C17H29NO2/c1-5-11-17(20,12-6-2)16(13-18(3)4)14-7-9-15(19)10-8-14/h7-10,16,19-20H,5-6,11-13H2,1-4H3. The lowest BCUT2D eigenvalue weighted by molar-refractivity contribution is -0.0129. The first-order chi connectivity index (χ1) is 9.42. The van der Waals surface area contributed by atoms with Gasteiger partial charge in [0.1, 0.15) is 5.75 Å². The molecule has 0 saturated heterocycles. The Balaban J connectivity index is 3.11. The van der Waals surface area contributed by atoms with Gasteiger partial charge in [0.2, 0.25) is 0 Å². The van der Waals surface area contributed by atoms with E-state index >= 15 is 0 Å². The van der Waals surface area contributed by atoms with Crippen molar-refractivity contribution in [1.82, 2.24) is 4.90 Å². The van der Waals surface area contributed by atoms with Gasteiger partial charge in [-0.3, -0.25) is 0 Å². The zero-order chi connectivity index (χ0) is 15.2. The molecule has 2 N–H and O–H groups in total. The first-order valence-corrected chi connectivity index (χ1v) is 7.59. The van der Waals surface area contributed by atoms with Crippen molar-refractivity contribution in [3.8, 4) is 5.75 Å². The quantitative estimate of drug-likeness (QED) is 0.767. The smallest absolute Gasteiger partial charge is 0.115 e. The summed E-state index contributed by atoms with van der Waals surface area (Å²) >= 11 is 0.